The molecule has 1 aliphatic heterocycles. The van der Waals surface area contributed by atoms with Crippen LogP contribution in [0.25, 0.3) is 0 Å². The summed E-state index contributed by atoms with van der Waals surface area (Å²) >= 11 is 0. The van der Waals surface area contributed by atoms with Gasteiger partial charge in [0.25, 0.3) is 0 Å². The van der Waals surface area contributed by atoms with Crippen molar-refractivity contribution in [2.24, 2.45) is 0 Å². The lowest BCUT2D eigenvalue weighted by Crippen LogP contribution is -2.25. The first-order valence-corrected chi connectivity index (χ1v) is 4.30. The summed E-state index contributed by atoms with van der Waals surface area (Å²) < 4.78 is 5.13. The van der Waals surface area contributed by atoms with E-state index in [1.54, 1.807) is 24.3 Å². The maximum Gasteiger partial charge on any atom is 0.115 e. The van der Waals surface area contributed by atoms with Crippen molar-refractivity contribution in [3.05, 3.63) is 29.8 Å². The monoisotopic (exact) mass is 180 g/mol. The molecule has 0 radical (unpaired) electrons. The summed E-state index contributed by atoms with van der Waals surface area (Å²) in [7, 11) is 0. The molecule has 0 saturated carbocycles. The molecule has 1 saturated heterocycles. The highest BCUT2D eigenvalue weighted by Crippen LogP contribution is 2.30. The number of hydrogen-bond acceptors (Lipinski definition) is 3. The molecular weight excluding hydrogens is 168 g/mol. The Morgan fingerprint density at radius 3 is 2.46 bits per heavy atom. The van der Waals surface area contributed by atoms with Gasteiger partial charge in [0.2, 0.25) is 0 Å². The number of aromatic hydroxyl groups is 1. The molecule has 1 fully saturated rings. The van der Waals surface area contributed by atoms with Crippen molar-refractivity contribution in [3.63, 3.8) is 0 Å². The lowest BCUT2D eigenvalue weighted by Gasteiger charge is -2.20. The van der Waals surface area contributed by atoms with Crippen LogP contribution in [0, 0.1) is 0 Å². The first kappa shape index (κ1) is 8.53. The van der Waals surface area contributed by atoms with Crippen LogP contribution in [0.2, 0.25) is 0 Å². The van der Waals surface area contributed by atoms with Gasteiger partial charge in [-0.2, -0.15) is 0 Å². The van der Waals surface area contributed by atoms with Crippen molar-refractivity contribution < 1.29 is 14.9 Å². The lowest BCUT2D eigenvalue weighted by molar-refractivity contribution is 0.0232. The van der Waals surface area contributed by atoms with Crippen LogP contribution in [0.1, 0.15) is 12.0 Å². The molecule has 1 unspecified atom stereocenters. The minimum absolute atomic E-state index is 0.214. The van der Waals surface area contributed by atoms with Crippen LogP contribution in [0.3, 0.4) is 0 Å². The Balaban J connectivity index is 2.29. The third-order valence-electron chi connectivity index (χ3n) is 2.41. The van der Waals surface area contributed by atoms with Gasteiger partial charge in [-0.25, -0.2) is 0 Å². The molecule has 1 aliphatic rings. The predicted octanol–water partition coefficient (Wildman–Crippen LogP) is 1.00. The Hall–Kier alpha value is -1.06. The summed E-state index contributed by atoms with van der Waals surface area (Å²) in [6.45, 7) is 0.940. The smallest absolute Gasteiger partial charge is 0.115 e. The van der Waals surface area contributed by atoms with Crippen molar-refractivity contribution in [1.29, 1.82) is 0 Å². The van der Waals surface area contributed by atoms with Gasteiger partial charge in [0, 0.05) is 13.0 Å². The summed E-state index contributed by atoms with van der Waals surface area (Å²) in [6, 6.07) is 6.60. The zero-order valence-corrected chi connectivity index (χ0v) is 7.23. The maximum absolute atomic E-state index is 10.0. The van der Waals surface area contributed by atoms with E-state index in [2.05, 4.69) is 0 Å². The first-order valence-electron chi connectivity index (χ1n) is 4.30. The molecule has 1 aromatic carbocycles. The van der Waals surface area contributed by atoms with Gasteiger partial charge in [0.1, 0.15) is 11.4 Å². The zero-order valence-electron chi connectivity index (χ0n) is 7.23. The lowest BCUT2D eigenvalue weighted by atomic mass is 9.93. The van der Waals surface area contributed by atoms with E-state index in [1.165, 1.54) is 0 Å². The quantitative estimate of drug-likeness (QED) is 0.677. The average molecular weight is 180 g/mol. The van der Waals surface area contributed by atoms with E-state index in [4.69, 9.17) is 9.84 Å². The van der Waals surface area contributed by atoms with Crippen molar-refractivity contribution in [2.75, 3.05) is 13.2 Å². The highest BCUT2D eigenvalue weighted by atomic mass is 16.5. The molecule has 0 aliphatic carbocycles. The Morgan fingerprint density at radius 2 is 1.92 bits per heavy atom. The van der Waals surface area contributed by atoms with Crippen LogP contribution in [-0.2, 0) is 10.3 Å². The normalized spacial score (nSPS) is 27.8. The van der Waals surface area contributed by atoms with Gasteiger partial charge in [-0.3, -0.25) is 0 Å². The van der Waals surface area contributed by atoms with Crippen molar-refractivity contribution >= 4 is 0 Å². The zero-order chi connectivity index (χ0) is 9.31. The minimum atomic E-state index is -0.853. The van der Waals surface area contributed by atoms with E-state index in [1.807, 2.05) is 0 Å². The Morgan fingerprint density at radius 1 is 1.23 bits per heavy atom. The topological polar surface area (TPSA) is 49.7 Å². The molecular formula is C10H12O3. The van der Waals surface area contributed by atoms with E-state index >= 15 is 0 Å². The molecule has 1 atom stereocenters. The number of aliphatic hydroxyl groups is 1. The largest absolute Gasteiger partial charge is 0.508 e. The Kier molecular flexibility index (Phi) is 1.98. The molecule has 70 valence electrons. The fraction of sp³-hybridized carbons (Fsp3) is 0.400. The number of ether oxygens (including phenoxy) is 1. The van der Waals surface area contributed by atoms with Crippen LogP contribution < -0.4 is 0 Å². The molecule has 0 spiro atoms. The van der Waals surface area contributed by atoms with Crippen LogP contribution >= 0.6 is 0 Å². The molecule has 3 nitrogen and oxygen atoms in total. The predicted molar refractivity (Wildman–Crippen MR) is 47.4 cm³/mol. The second-order valence-corrected chi connectivity index (χ2v) is 3.38. The van der Waals surface area contributed by atoms with Crippen molar-refractivity contribution in [1.82, 2.24) is 0 Å². The summed E-state index contributed by atoms with van der Waals surface area (Å²) in [5.41, 5.74) is -0.0453. The first-order chi connectivity index (χ1) is 6.21. The number of phenols is 1. The van der Waals surface area contributed by atoms with Crippen LogP contribution in [0.4, 0.5) is 0 Å². The van der Waals surface area contributed by atoms with E-state index in [-0.39, 0.29) is 5.75 Å². The van der Waals surface area contributed by atoms with Gasteiger partial charge in [0.15, 0.2) is 0 Å². The van der Waals surface area contributed by atoms with E-state index in [0.29, 0.717) is 19.6 Å². The van der Waals surface area contributed by atoms with Gasteiger partial charge >= 0.3 is 0 Å². The summed E-state index contributed by atoms with van der Waals surface area (Å²) in [6.07, 6.45) is 0.623. The molecule has 2 N–H and O–H groups in total. The third kappa shape index (κ3) is 1.53. The van der Waals surface area contributed by atoms with Gasteiger partial charge in [0.05, 0.1) is 6.61 Å². The molecule has 0 amide bonds. The second-order valence-electron chi connectivity index (χ2n) is 3.38. The van der Waals surface area contributed by atoms with E-state index in [0.717, 1.165) is 5.56 Å². The second kappa shape index (κ2) is 3.01. The summed E-state index contributed by atoms with van der Waals surface area (Å²) in [4.78, 5) is 0. The molecule has 0 aromatic heterocycles. The van der Waals surface area contributed by atoms with Gasteiger partial charge in [-0.05, 0) is 17.7 Å². The average Bonchev–Trinajstić information content (AvgIpc) is 2.54. The highest BCUT2D eigenvalue weighted by Gasteiger charge is 2.33. The molecule has 3 heteroatoms. The van der Waals surface area contributed by atoms with Crippen molar-refractivity contribution in [3.8, 4) is 5.75 Å². The van der Waals surface area contributed by atoms with Gasteiger partial charge < -0.3 is 14.9 Å². The molecule has 13 heavy (non-hydrogen) atoms. The fourth-order valence-corrected chi connectivity index (χ4v) is 1.55. The number of benzene rings is 1. The summed E-state index contributed by atoms with van der Waals surface area (Å²) in [5, 5.41) is 19.1. The van der Waals surface area contributed by atoms with E-state index in [9.17, 15) is 5.11 Å². The van der Waals surface area contributed by atoms with Gasteiger partial charge in [-0.15, -0.1) is 0 Å². The number of rotatable bonds is 1. The van der Waals surface area contributed by atoms with Crippen LogP contribution in [0.5, 0.6) is 5.75 Å². The molecule has 0 bridgehead atoms. The standard InChI is InChI=1S/C10H12O3/c11-9-3-1-8(2-4-9)10(12)5-6-13-7-10/h1-4,11-12H,5-7H2. The Labute approximate surface area is 76.6 Å². The van der Waals surface area contributed by atoms with Crippen molar-refractivity contribution in [2.45, 2.75) is 12.0 Å². The number of hydrogen-bond donors (Lipinski definition) is 2. The minimum Gasteiger partial charge on any atom is -0.508 e. The SMILES string of the molecule is Oc1ccc(C2(O)CCOC2)cc1. The molecule has 1 heterocycles. The van der Waals surface area contributed by atoms with Crippen LogP contribution in [0.15, 0.2) is 24.3 Å². The van der Waals surface area contributed by atoms with Gasteiger partial charge in [-0.1, -0.05) is 12.1 Å². The van der Waals surface area contributed by atoms with E-state index < -0.39 is 5.60 Å². The molecule has 2 rings (SSSR count). The third-order valence-corrected chi connectivity index (χ3v) is 2.41. The Bertz CT molecular complexity index is 286. The fourth-order valence-electron chi connectivity index (χ4n) is 1.55. The number of phenolic OH excluding ortho intramolecular Hbond substituents is 1. The molecule has 1 aromatic rings. The highest BCUT2D eigenvalue weighted by molar-refractivity contribution is 5.30. The van der Waals surface area contributed by atoms with Crippen LogP contribution in [-0.4, -0.2) is 23.4 Å². The summed E-state index contributed by atoms with van der Waals surface area (Å²) in [5.74, 6) is 0.214. The maximum atomic E-state index is 10.0.